The number of nitrogens with one attached hydrogen (secondary N) is 2. The van der Waals surface area contributed by atoms with Crippen LogP contribution >= 0.6 is 0 Å². The summed E-state index contributed by atoms with van der Waals surface area (Å²) in [6, 6.07) is 5.69. The number of fused-ring (bicyclic) bond motifs is 4. The van der Waals surface area contributed by atoms with Gasteiger partial charge in [-0.2, -0.15) is 4.98 Å². The molecule has 2 fully saturated rings. The summed E-state index contributed by atoms with van der Waals surface area (Å²) in [4.78, 5) is 24.2. The molecule has 1 aliphatic heterocycles. The predicted octanol–water partition coefficient (Wildman–Crippen LogP) is 3.17. The topological polar surface area (TPSA) is 110 Å². The van der Waals surface area contributed by atoms with Crippen molar-refractivity contribution in [3.05, 3.63) is 42.1 Å². The van der Waals surface area contributed by atoms with Gasteiger partial charge in [-0.05, 0) is 43.4 Å². The number of methoxy groups -OCH3 is 1. The van der Waals surface area contributed by atoms with Crippen LogP contribution < -0.4 is 20.3 Å². The third-order valence-corrected chi connectivity index (χ3v) is 7.50. The number of hydrogen-bond acceptors (Lipinski definition) is 8. The van der Waals surface area contributed by atoms with Gasteiger partial charge < -0.3 is 20.3 Å². The van der Waals surface area contributed by atoms with E-state index in [9.17, 15) is 4.79 Å². The second kappa shape index (κ2) is 7.68. The van der Waals surface area contributed by atoms with Crippen molar-refractivity contribution in [1.29, 1.82) is 0 Å². The van der Waals surface area contributed by atoms with Gasteiger partial charge in [0.05, 0.1) is 19.0 Å². The number of aromatic nitrogens is 5. The number of nitrogens with zero attached hydrogens (tertiary/aromatic N) is 6. The first-order chi connectivity index (χ1) is 16.6. The summed E-state index contributed by atoms with van der Waals surface area (Å²) in [5.74, 6) is 3.25. The average molecular weight is 461 g/mol. The van der Waals surface area contributed by atoms with Gasteiger partial charge in [0.25, 0.3) is 5.91 Å². The molecule has 0 saturated heterocycles. The molecule has 1 aromatic carbocycles. The zero-order chi connectivity index (χ0) is 23.4. The van der Waals surface area contributed by atoms with Gasteiger partial charge in [-0.3, -0.25) is 9.36 Å². The van der Waals surface area contributed by atoms with Gasteiger partial charge in [-0.25, -0.2) is 4.98 Å². The predicted molar refractivity (Wildman–Crippen MR) is 127 cm³/mol. The van der Waals surface area contributed by atoms with E-state index in [1.54, 1.807) is 32.6 Å². The van der Waals surface area contributed by atoms with Crippen molar-refractivity contribution < 1.29 is 9.53 Å². The lowest BCUT2D eigenvalue weighted by atomic mass is 10.0. The molecule has 1 spiro atoms. The number of anilines is 3. The molecule has 0 bridgehead atoms. The quantitative estimate of drug-likeness (QED) is 0.598. The second-order valence-electron chi connectivity index (χ2n) is 9.38. The Morgan fingerprint density at radius 1 is 1.26 bits per heavy atom. The lowest BCUT2D eigenvalue weighted by Gasteiger charge is -2.42. The molecule has 3 aromatic rings. The highest BCUT2D eigenvalue weighted by Crippen LogP contribution is 2.61. The maximum Gasteiger partial charge on any atom is 0.251 e. The van der Waals surface area contributed by atoms with Gasteiger partial charge in [0.2, 0.25) is 5.95 Å². The van der Waals surface area contributed by atoms with Crippen molar-refractivity contribution >= 4 is 23.4 Å². The fraction of sp³-hybridized carbons (Fsp3) is 0.458. The summed E-state index contributed by atoms with van der Waals surface area (Å²) in [5.41, 5.74) is 1.96. The fourth-order valence-electron chi connectivity index (χ4n) is 5.69. The summed E-state index contributed by atoms with van der Waals surface area (Å²) >= 11 is 0. The van der Waals surface area contributed by atoms with Gasteiger partial charge >= 0.3 is 0 Å². The van der Waals surface area contributed by atoms with E-state index in [2.05, 4.69) is 37.6 Å². The minimum Gasteiger partial charge on any atom is -0.495 e. The summed E-state index contributed by atoms with van der Waals surface area (Å²) in [7, 11) is 3.18. The van der Waals surface area contributed by atoms with Crippen LogP contribution in [0.4, 0.5) is 17.5 Å². The van der Waals surface area contributed by atoms with E-state index < -0.39 is 0 Å². The first kappa shape index (κ1) is 20.9. The SMILES string of the molecule is CNC(=O)c1ccc(Nc2ncc3c(n2)N(C2CCCC2)C2(C[C@@H]2C)c2nncn2-3)c(OC)c1. The molecule has 6 rings (SSSR count). The Morgan fingerprint density at radius 3 is 2.76 bits per heavy atom. The first-order valence-electron chi connectivity index (χ1n) is 11.8. The molecular formula is C24H28N8O2. The van der Waals surface area contributed by atoms with Crippen LogP contribution in [0.2, 0.25) is 0 Å². The average Bonchev–Trinajstić information content (AvgIpc) is 3.27. The smallest absolute Gasteiger partial charge is 0.251 e. The van der Waals surface area contributed by atoms with E-state index in [1.807, 2.05) is 16.8 Å². The van der Waals surface area contributed by atoms with Crippen LogP contribution in [-0.4, -0.2) is 50.8 Å². The van der Waals surface area contributed by atoms with Crippen LogP contribution in [0.25, 0.3) is 5.69 Å². The van der Waals surface area contributed by atoms with Crippen molar-refractivity contribution in [2.45, 2.75) is 50.6 Å². The lowest BCUT2D eigenvalue weighted by Crippen LogP contribution is -2.48. The molecule has 10 nitrogen and oxygen atoms in total. The Kier molecular flexibility index (Phi) is 4.72. The molecule has 176 valence electrons. The summed E-state index contributed by atoms with van der Waals surface area (Å²) in [5, 5.41) is 14.7. The van der Waals surface area contributed by atoms with Gasteiger partial charge in [-0.15, -0.1) is 10.2 Å². The van der Waals surface area contributed by atoms with E-state index in [0.717, 1.165) is 36.6 Å². The molecule has 1 amide bonds. The van der Waals surface area contributed by atoms with E-state index >= 15 is 0 Å². The molecule has 2 saturated carbocycles. The van der Waals surface area contributed by atoms with Gasteiger partial charge in [0.1, 0.15) is 23.3 Å². The Hall–Kier alpha value is -3.69. The number of amides is 1. The molecule has 2 N–H and O–H groups in total. The van der Waals surface area contributed by atoms with E-state index in [-0.39, 0.29) is 11.4 Å². The fourth-order valence-corrected chi connectivity index (χ4v) is 5.69. The Morgan fingerprint density at radius 2 is 2.06 bits per heavy atom. The molecular weight excluding hydrogens is 432 g/mol. The Balaban J connectivity index is 1.42. The number of benzene rings is 1. The first-order valence-corrected chi connectivity index (χ1v) is 11.8. The van der Waals surface area contributed by atoms with Crippen molar-refractivity contribution in [3.63, 3.8) is 0 Å². The van der Waals surface area contributed by atoms with E-state index in [1.165, 1.54) is 12.8 Å². The van der Waals surface area contributed by atoms with Crippen LogP contribution in [0, 0.1) is 5.92 Å². The molecule has 10 heteroatoms. The maximum atomic E-state index is 12.0. The third-order valence-electron chi connectivity index (χ3n) is 7.50. The van der Waals surface area contributed by atoms with Crippen molar-refractivity contribution in [3.8, 4) is 11.4 Å². The summed E-state index contributed by atoms with van der Waals surface area (Å²) < 4.78 is 7.58. The highest BCUT2D eigenvalue weighted by atomic mass is 16.5. The molecule has 3 aliphatic rings. The molecule has 1 unspecified atom stereocenters. The van der Waals surface area contributed by atoms with Crippen LogP contribution in [-0.2, 0) is 5.54 Å². The normalized spacial score (nSPS) is 22.9. The highest BCUT2D eigenvalue weighted by Gasteiger charge is 2.64. The standard InChI is InChI=1S/C24H28N8O2/c1-14-11-24(14)22-30-27-13-31(22)18-12-26-23(29-20(18)32(24)16-6-4-5-7-16)28-17-9-8-15(21(33)25-2)10-19(17)34-3/h8-10,12-14,16H,4-7,11H2,1-3H3,(H,25,33)(H,26,28,29)/t14-,24?/m0/s1. The zero-order valence-electron chi connectivity index (χ0n) is 19.6. The number of ether oxygens (including phenoxy) is 1. The zero-order valence-corrected chi connectivity index (χ0v) is 19.6. The van der Waals surface area contributed by atoms with Crippen molar-refractivity contribution in [2.75, 3.05) is 24.4 Å². The maximum absolute atomic E-state index is 12.0. The Labute approximate surface area is 197 Å². The third kappa shape index (κ3) is 2.97. The van der Waals surface area contributed by atoms with Crippen molar-refractivity contribution in [2.24, 2.45) is 5.92 Å². The molecule has 3 heterocycles. The van der Waals surface area contributed by atoms with E-state index in [0.29, 0.717) is 34.9 Å². The molecule has 34 heavy (non-hydrogen) atoms. The number of carbonyl (C=O) groups is 1. The molecule has 2 atom stereocenters. The van der Waals surface area contributed by atoms with Gasteiger partial charge in [0, 0.05) is 18.7 Å². The Bertz CT molecular complexity index is 1270. The van der Waals surface area contributed by atoms with Gasteiger partial charge in [-0.1, -0.05) is 19.8 Å². The molecule has 2 aromatic heterocycles. The number of carbonyl (C=O) groups excluding carboxylic acids is 1. The van der Waals surface area contributed by atoms with Crippen LogP contribution in [0.1, 0.15) is 55.2 Å². The summed E-state index contributed by atoms with van der Waals surface area (Å²) in [6.45, 7) is 2.28. The van der Waals surface area contributed by atoms with Gasteiger partial charge in [0.15, 0.2) is 11.6 Å². The number of hydrogen-bond donors (Lipinski definition) is 2. The monoisotopic (exact) mass is 460 g/mol. The van der Waals surface area contributed by atoms with E-state index in [4.69, 9.17) is 9.72 Å². The summed E-state index contributed by atoms with van der Waals surface area (Å²) in [6.07, 6.45) is 9.43. The van der Waals surface area contributed by atoms with Crippen molar-refractivity contribution in [1.82, 2.24) is 30.0 Å². The lowest BCUT2D eigenvalue weighted by molar-refractivity contribution is 0.0963. The number of rotatable bonds is 5. The molecule has 0 radical (unpaired) electrons. The largest absolute Gasteiger partial charge is 0.495 e. The second-order valence-corrected chi connectivity index (χ2v) is 9.38. The minimum absolute atomic E-state index is 0.156. The molecule has 2 aliphatic carbocycles. The van der Waals surface area contributed by atoms with Crippen LogP contribution in [0.15, 0.2) is 30.7 Å². The van der Waals surface area contributed by atoms with Crippen LogP contribution in [0.5, 0.6) is 5.75 Å². The van der Waals surface area contributed by atoms with Crippen LogP contribution in [0.3, 0.4) is 0 Å². The highest BCUT2D eigenvalue weighted by molar-refractivity contribution is 5.95. The minimum atomic E-state index is -0.171.